The van der Waals surface area contributed by atoms with Crippen LogP contribution in [0.25, 0.3) is 0 Å². The lowest BCUT2D eigenvalue weighted by Gasteiger charge is -2.21. The minimum atomic E-state index is -1.05. The molecule has 0 aliphatic heterocycles. The Kier molecular flexibility index (Phi) is 5.59. The maximum Gasteiger partial charge on any atom is 0.326 e. The number of urea groups is 1. The minimum Gasteiger partial charge on any atom is -0.480 e. The minimum absolute atomic E-state index is 0.00371. The molecule has 3 amide bonds. The third kappa shape index (κ3) is 5.58. The quantitative estimate of drug-likeness (QED) is 0.574. The van der Waals surface area contributed by atoms with Crippen LogP contribution in [0.1, 0.15) is 32.6 Å². The normalized spacial score (nSPS) is 15.5. The molecule has 1 aliphatic carbocycles. The summed E-state index contributed by atoms with van der Waals surface area (Å²) in [5, 5.41) is 14.2. The van der Waals surface area contributed by atoms with Crippen LogP contribution in [0, 0.1) is 0 Å². The molecule has 0 aromatic rings. The highest BCUT2D eigenvalue weighted by Crippen LogP contribution is 2.18. The van der Waals surface area contributed by atoms with Crippen molar-refractivity contribution in [2.45, 2.75) is 44.7 Å². The van der Waals surface area contributed by atoms with Gasteiger partial charge in [-0.15, -0.1) is 0 Å². The van der Waals surface area contributed by atoms with Crippen molar-refractivity contribution < 1.29 is 19.5 Å². The molecule has 0 radical (unpaired) electrons. The van der Waals surface area contributed by atoms with Crippen molar-refractivity contribution in [3.05, 3.63) is 0 Å². The van der Waals surface area contributed by atoms with Gasteiger partial charge >= 0.3 is 12.0 Å². The number of amides is 3. The van der Waals surface area contributed by atoms with Crippen molar-refractivity contribution >= 4 is 17.9 Å². The zero-order valence-corrected chi connectivity index (χ0v) is 11.3. The first-order valence-electron chi connectivity index (χ1n) is 6.44. The van der Waals surface area contributed by atoms with Crippen LogP contribution in [0.15, 0.2) is 0 Å². The van der Waals surface area contributed by atoms with Crippen LogP contribution < -0.4 is 10.6 Å². The van der Waals surface area contributed by atoms with E-state index in [9.17, 15) is 14.4 Å². The van der Waals surface area contributed by atoms with E-state index in [4.69, 9.17) is 5.11 Å². The highest BCUT2D eigenvalue weighted by atomic mass is 16.4. The smallest absolute Gasteiger partial charge is 0.326 e. The number of carboxylic acid groups (broad SMARTS) is 1. The van der Waals surface area contributed by atoms with Gasteiger partial charge in [-0.25, -0.2) is 9.59 Å². The van der Waals surface area contributed by atoms with Crippen LogP contribution in [0.2, 0.25) is 0 Å². The average Bonchev–Trinajstić information content (AvgIpc) is 3.16. The number of likely N-dealkylation sites (N-methyl/N-ethyl adjacent to an activating group) is 1. The summed E-state index contributed by atoms with van der Waals surface area (Å²) in [7, 11) is 1.42. The fourth-order valence-corrected chi connectivity index (χ4v) is 1.44. The molecule has 1 unspecified atom stereocenters. The van der Waals surface area contributed by atoms with Crippen LogP contribution in [-0.2, 0) is 9.59 Å². The van der Waals surface area contributed by atoms with Gasteiger partial charge in [-0.2, -0.15) is 0 Å². The maximum atomic E-state index is 11.6. The van der Waals surface area contributed by atoms with Gasteiger partial charge in [0, 0.05) is 26.1 Å². The highest BCUT2D eigenvalue weighted by Gasteiger charge is 2.23. The Morgan fingerprint density at radius 2 is 2.00 bits per heavy atom. The molecule has 1 saturated carbocycles. The van der Waals surface area contributed by atoms with Gasteiger partial charge in [0.25, 0.3) is 0 Å². The van der Waals surface area contributed by atoms with Gasteiger partial charge in [0.15, 0.2) is 0 Å². The summed E-state index contributed by atoms with van der Waals surface area (Å²) in [6.45, 7) is 1.79. The number of carboxylic acids is 1. The molecule has 1 rings (SSSR count). The van der Waals surface area contributed by atoms with E-state index in [0.29, 0.717) is 25.4 Å². The second-order valence-corrected chi connectivity index (χ2v) is 4.80. The third-order valence-electron chi connectivity index (χ3n) is 3.06. The van der Waals surface area contributed by atoms with Crippen molar-refractivity contribution in [3.63, 3.8) is 0 Å². The zero-order chi connectivity index (χ0) is 14.4. The van der Waals surface area contributed by atoms with Gasteiger partial charge in [0.05, 0.1) is 0 Å². The molecule has 0 bridgehead atoms. The van der Waals surface area contributed by atoms with Gasteiger partial charge < -0.3 is 20.6 Å². The molecule has 0 aromatic carbocycles. The summed E-state index contributed by atoms with van der Waals surface area (Å²) in [5.41, 5.74) is 0. The standard InChI is InChI=1S/C12H21N3O4/c1-8(11(17)18)15(2)12(19)13-7-3-4-10(16)14-9-5-6-9/h8-9H,3-7H2,1-2H3,(H,13,19)(H,14,16)(H,17,18). The van der Waals surface area contributed by atoms with Crippen molar-refractivity contribution in [2.75, 3.05) is 13.6 Å². The molecule has 0 saturated heterocycles. The lowest BCUT2D eigenvalue weighted by molar-refractivity contribution is -0.141. The number of nitrogens with zero attached hydrogens (tertiary/aromatic N) is 1. The molecule has 1 fully saturated rings. The molecule has 7 nitrogen and oxygen atoms in total. The second-order valence-electron chi connectivity index (χ2n) is 4.80. The number of hydrogen-bond acceptors (Lipinski definition) is 3. The van der Waals surface area contributed by atoms with Crippen LogP contribution in [0.3, 0.4) is 0 Å². The second kappa shape index (κ2) is 6.96. The van der Waals surface area contributed by atoms with Crippen LogP contribution in [0.5, 0.6) is 0 Å². The van der Waals surface area contributed by atoms with Crippen molar-refractivity contribution in [3.8, 4) is 0 Å². The van der Waals surface area contributed by atoms with Gasteiger partial charge in [-0.3, -0.25) is 4.79 Å². The summed E-state index contributed by atoms with van der Waals surface area (Å²) in [6, 6.07) is -0.972. The number of nitrogens with one attached hydrogen (secondary N) is 2. The fraction of sp³-hybridized carbons (Fsp3) is 0.750. The van der Waals surface area contributed by atoms with Crippen LogP contribution >= 0.6 is 0 Å². The van der Waals surface area contributed by atoms with E-state index in [1.54, 1.807) is 0 Å². The van der Waals surface area contributed by atoms with E-state index < -0.39 is 18.0 Å². The molecule has 108 valence electrons. The molecular weight excluding hydrogens is 250 g/mol. The molecule has 0 heterocycles. The SMILES string of the molecule is CC(C(=O)O)N(C)C(=O)NCCCC(=O)NC1CC1. The molecule has 7 heteroatoms. The predicted octanol–water partition coefficient (Wildman–Crippen LogP) is 0.160. The van der Waals surface area contributed by atoms with Crippen molar-refractivity contribution in [1.82, 2.24) is 15.5 Å². The number of hydrogen-bond donors (Lipinski definition) is 3. The summed E-state index contributed by atoms with van der Waals surface area (Å²) in [4.78, 5) is 34.7. The third-order valence-corrected chi connectivity index (χ3v) is 3.06. The summed E-state index contributed by atoms with van der Waals surface area (Å²) >= 11 is 0. The van der Waals surface area contributed by atoms with E-state index in [1.165, 1.54) is 14.0 Å². The molecule has 0 aromatic heterocycles. The average molecular weight is 271 g/mol. The topological polar surface area (TPSA) is 98.7 Å². The Morgan fingerprint density at radius 3 is 2.53 bits per heavy atom. The first-order chi connectivity index (χ1) is 8.91. The Morgan fingerprint density at radius 1 is 1.37 bits per heavy atom. The predicted molar refractivity (Wildman–Crippen MR) is 68.7 cm³/mol. The first kappa shape index (κ1) is 15.3. The maximum absolute atomic E-state index is 11.6. The van der Waals surface area contributed by atoms with Gasteiger partial charge in [-0.05, 0) is 26.2 Å². The summed E-state index contributed by atoms with van der Waals surface area (Å²) in [5.74, 6) is -1.05. The lowest BCUT2D eigenvalue weighted by Crippen LogP contribution is -2.46. The monoisotopic (exact) mass is 271 g/mol. The van der Waals surface area contributed by atoms with Crippen molar-refractivity contribution in [2.24, 2.45) is 0 Å². The fourth-order valence-electron chi connectivity index (χ4n) is 1.44. The van der Waals surface area contributed by atoms with Gasteiger partial charge in [0.2, 0.25) is 5.91 Å². The highest BCUT2D eigenvalue weighted by molar-refractivity contribution is 5.82. The molecular formula is C12H21N3O4. The van der Waals surface area contributed by atoms with Gasteiger partial charge in [-0.1, -0.05) is 0 Å². The van der Waals surface area contributed by atoms with Gasteiger partial charge in [0.1, 0.15) is 6.04 Å². The molecule has 3 N–H and O–H groups in total. The summed E-state index contributed by atoms with van der Waals surface area (Å²) in [6.07, 6.45) is 3.02. The Labute approximate surface area is 112 Å². The molecule has 1 atom stereocenters. The van der Waals surface area contributed by atoms with E-state index in [1.807, 2.05) is 0 Å². The largest absolute Gasteiger partial charge is 0.480 e. The van der Waals surface area contributed by atoms with E-state index in [-0.39, 0.29) is 5.91 Å². The van der Waals surface area contributed by atoms with Crippen molar-refractivity contribution in [1.29, 1.82) is 0 Å². The number of aliphatic carboxylic acids is 1. The first-order valence-corrected chi connectivity index (χ1v) is 6.44. The lowest BCUT2D eigenvalue weighted by atomic mass is 10.3. The Bertz CT molecular complexity index is 355. The molecule has 19 heavy (non-hydrogen) atoms. The van der Waals surface area contributed by atoms with Crippen LogP contribution in [0.4, 0.5) is 4.79 Å². The molecule has 0 spiro atoms. The molecule has 1 aliphatic rings. The number of carbonyl (C=O) groups excluding carboxylic acids is 2. The van der Waals surface area contributed by atoms with E-state index >= 15 is 0 Å². The van der Waals surface area contributed by atoms with Crippen LogP contribution in [-0.4, -0.2) is 53.6 Å². The van der Waals surface area contributed by atoms with E-state index in [2.05, 4.69) is 10.6 Å². The Balaban J connectivity index is 2.12. The summed E-state index contributed by atoms with van der Waals surface area (Å²) < 4.78 is 0. The Hall–Kier alpha value is -1.79. The zero-order valence-electron chi connectivity index (χ0n) is 11.3. The number of carbonyl (C=O) groups is 3. The van der Waals surface area contributed by atoms with E-state index in [0.717, 1.165) is 17.7 Å². The number of rotatable bonds is 7.